The molecule has 182 valence electrons. The molecule has 4 aliphatic rings. The van der Waals surface area contributed by atoms with Crippen molar-refractivity contribution in [1.82, 2.24) is 20.1 Å². The van der Waals surface area contributed by atoms with Crippen molar-refractivity contribution in [3.05, 3.63) is 58.4 Å². The SMILES string of the molecule is O=C1CCC(N2Cc3nc(C4(O)CCN(Cc5ccc6c(c5)OCC6)CC4)ccc3C2=O)C(=O)N1. The van der Waals surface area contributed by atoms with Crippen molar-refractivity contribution in [3.63, 3.8) is 0 Å². The van der Waals surface area contributed by atoms with E-state index in [9.17, 15) is 19.5 Å². The first-order chi connectivity index (χ1) is 16.9. The van der Waals surface area contributed by atoms with E-state index < -0.39 is 17.6 Å². The summed E-state index contributed by atoms with van der Waals surface area (Å²) in [5.74, 6) is -0.0228. The fourth-order valence-corrected chi connectivity index (χ4v) is 5.60. The quantitative estimate of drug-likeness (QED) is 0.639. The van der Waals surface area contributed by atoms with Crippen molar-refractivity contribution < 1.29 is 24.2 Å². The largest absolute Gasteiger partial charge is 0.493 e. The first-order valence-corrected chi connectivity index (χ1v) is 12.2. The Bertz CT molecular complexity index is 1220. The number of carbonyl (C=O) groups is 3. The van der Waals surface area contributed by atoms with E-state index in [-0.39, 0.29) is 24.8 Å². The summed E-state index contributed by atoms with van der Waals surface area (Å²) in [5, 5.41) is 13.7. The second-order valence-electron chi connectivity index (χ2n) is 9.94. The number of amides is 3. The van der Waals surface area contributed by atoms with Gasteiger partial charge in [0, 0.05) is 32.5 Å². The van der Waals surface area contributed by atoms with Gasteiger partial charge in [0.15, 0.2) is 0 Å². The number of hydrogen-bond acceptors (Lipinski definition) is 7. The van der Waals surface area contributed by atoms with Crippen LogP contribution in [-0.4, -0.2) is 63.4 Å². The van der Waals surface area contributed by atoms with Gasteiger partial charge in [-0.2, -0.15) is 0 Å². The van der Waals surface area contributed by atoms with E-state index in [4.69, 9.17) is 4.74 Å². The first kappa shape index (κ1) is 22.2. The third kappa shape index (κ3) is 3.98. The molecule has 3 amide bonds. The fraction of sp³-hybridized carbons (Fsp3) is 0.462. The molecular weight excluding hydrogens is 448 g/mol. The number of nitrogens with zero attached hydrogens (tertiary/aromatic N) is 3. The summed E-state index contributed by atoms with van der Waals surface area (Å²) in [5.41, 5.74) is 3.01. The minimum atomic E-state index is -1.06. The molecule has 1 unspecified atom stereocenters. The minimum Gasteiger partial charge on any atom is -0.493 e. The van der Waals surface area contributed by atoms with E-state index in [1.54, 1.807) is 12.1 Å². The topological polar surface area (TPSA) is 112 Å². The van der Waals surface area contributed by atoms with E-state index in [0.717, 1.165) is 38.4 Å². The molecule has 9 nitrogen and oxygen atoms in total. The molecule has 0 bridgehead atoms. The maximum absolute atomic E-state index is 12.9. The van der Waals surface area contributed by atoms with Gasteiger partial charge in [-0.1, -0.05) is 12.1 Å². The Hall–Kier alpha value is -3.30. The monoisotopic (exact) mass is 476 g/mol. The Labute approximate surface area is 203 Å². The van der Waals surface area contributed by atoms with Crippen molar-refractivity contribution >= 4 is 17.7 Å². The molecule has 1 aromatic carbocycles. The molecule has 0 saturated carbocycles. The zero-order valence-corrected chi connectivity index (χ0v) is 19.5. The number of carbonyl (C=O) groups excluding carboxylic acids is 3. The second-order valence-corrected chi connectivity index (χ2v) is 9.94. The number of rotatable bonds is 4. The van der Waals surface area contributed by atoms with Gasteiger partial charge in [-0.15, -0.1) is 0 Å². The number of likely N-dealkylation sites (tertiary alicyclic amines) is 1. The molecule has 2 saturated heterocycles. The third-order valence-electron chi connectivity index (χ3n) is 7.70. The van der Waals surface area contributed by atoms with Gasteiger partial charge in [0.05, 0.1) is 30.1 Å². The molecule has 2 fully saturated rings. The van der Waals surface area contributed by atoms with Crippen LogP contribution in [0.3, 0.4) is 0 Å². The van der Waals surface area contributed by atoms with E-state index in [1.165, 1.54) is 16.0 Å². The lowest BCUT2D eigenvalue weighted by molar-refractivity contribution is -0.136. The number of aliphatic hydroxyl groups is 1. The molecule has 0 aliphatic carbocycles. The molecule has 0 radical (unpaired) electrons. The van der Waals surface area contributed by atoms with Crippen molar-refractivity contribution in [2.75, 3.05) is 19.7 Å². The van der Waals surface area contributed by atoms with Crippen molar-refractivity contribution in [1.29, 1.82) is 0 Å². The number of nitrogens with one attached hydrogen (secondary N) is 1. The molecule has 2 aromatic rings. The third-order valence-corrected chi connectivity index (χ3v) is 7.70. The van der Waals surface area contributed by atoms with Crippen LogP contribution in [0.15, 0.2) is 30.3 Å². The lowest BCUT2D eigenvalue weighted by Gasteiger charge is -2.38. The van der Waals surface area contributed by atoms with Crippen LogP contribution in [0, 0.1) is 0 Å². The average molecular weight is 477 g/mol. The molecule has 6 rings (SSSR count). The van der Waals surface area contributed by atoms with Crippen LogP contribution in [0.5, 0.6) is 5.75 Å². The van der Waals surface area contributed by atoms with Crippen LogP contribution in [-0.2, 0) is 34.7 Å². The van der Waals surface area contributed by atoms with Gasteiger partial charge < -0.3 is 14.7 Å². The van der Waals surface area contributed by atoms with Gasteiger partial charge in [0.25, 0.3) is 5.91 Å². The number of pyridine rings is 1. The zero-order valence-electron chi connectivity index (χ0n) is 19.5. The van der Waals surface area contributed by atoms with Gasteiger partial charge in [-0.3, -0.25) is 29.6 Å². The smallest absolute Gasteiger partial charge is 0.256 e. The molecule has 4 aliphatic heterocycles. The number of ether oxygens (including phenoxy) is 1. The van der Waals surface area contributed by atoms with Crippen LogP contribution in [0.25, 0.3) is 0 Å². The number of fused-ring (bicyclic) bond motifs is 2. The van der Waals surface area contributed by atoms with Crippen LogP contribution < -0.4 is 10.1 Å². The molecule has 9 heteroatoms. The lowest BCUT2D eigenvalue weighted by Crippen LogP contribution is -2.52. The highest BCUT2D eigenvalue weighted by Gasteiger charge is 2.41. The molecule has 5 heterocycles. The zero-order chi connectivity index (χ0) is 24.2. The van der Waals surface area contributed by atoms with Gasteiger partial charge >= 0.3 is 0 Å². The van der Waals surface area contributed by atoms with Gasteiger partial charge in [0.1, 0.15) is 17.4 Å². The van der Waals surface area contributed by atoms with Crippen LogP contribution in [0.2, 0.25) is 0 Å². The maximum Gasteiger partial charge on any atom is 0.256 e. The number of benzene rings is 1. The molecule has 2 N–H and O–H groups in total. The molecular formula is C26H28N4O5. The lowest BCUT2D eigenvalue weighted by atomic mass is 9.87. The minimum absolute atomic E-state index is 0.205. The Morgan fingerprint density at radius 1 is 1.11 bits per heavy atom. The Balaban J connectivity index is 1.12. The van der Waals surface area contributed by atoms with Gasteiger partial charge in [0.2, 0.25) is 11.8 Å². The highest BCUT2D eigenvalue weighted by Crippen LogP contribution is 2.35. The van der Waals surface area contributed by atoms with Crippen molar-refractivity contribution in [2.24, 2.45) is 0 Å². The summed E-state index contributed by atoms with van der Waals surface area (Å²) in [6, 6.07) is 9.19. The predicted molar refractivity (Wildman–Crippen MR) is 124 cm³/mol. The van der Waals surface area contributed by atoms with Crippen LogP contribution in [0.1, 0.15) is 58.6 Å². The fourth-order valence-electron chi connectivity index (χ4n) is 5.60. The maximum atomic E-state index is 12.9. The summed E-state index contributed by atoms with van der Waals surface area (Å²) < 4.78 is 5.69. The summed E-state index contributed by atoms with van der Waals surface area (Å²) >= 11 is 0. The Morgan fingerprint density at radius 2 is 1.94 bits per heavy atom. The summed E-state index contributed by atoms with van der Waals surface area (Å²) in [7, 11) is 0. The highest BCUT2D eigenvalue weighted by molar-refractivity contribution is 6.05. The number of imide groups is 1. The molecule has 1 aromatic heterocycles. The van der Waals surface area contributed by atoms with E-state index in [1.807, 2.05) is 0 Å². The average Bonchev–Trinajstić information content (AvgIpc) is 3.44. The Morgan fingerprint density at radius 3 is 2.74 bits per heavy atom. The first-order valence-electron chi connectivity index (χ1n) is 12.2. The molecule has 1 atom stereocenters. The number of hydrogen-bond donors (Lipinski definition) is 2. The molecule has 0 spiro atoms. The normalized spacial score (nSPS) is 23.6. The van der Waals surface area contributed by atoms with Crippen LogP contribution in [0.4, 0.5) is 0 Å². The van der Waals surface area contributed by atoms with Gasteiger partial charge in [-0.25, -0.2) is 0 Å². The number of aromatic nitrogens is 1. The van der Waals surface area contributed by atoms with Crippen molar-refractivity contribution in [3.8, 4) is 5.75 Å². The Kier molecular flexibility index (Phi) is 5.34. The van der Waals surface area contributed by atoms with Crippen LogP contribution >= 0.6 is 0 Å². The highest BCUT2D eigenvalue weighted by atomic mass is 16.5. The molecule has 35 heavy (non-hydrogen) atoms. The standard InChI is InChI=1S/C26H28N4O5/c31-23-6-4-20(24(32)28-23)30-15-19-18(25(30)33)3-5-22(27-19)26(34)8-10-29(11-9-26)14-16-1-2-17-7-12-35-21(17)13-16/h1-3,5,13,20,34H,4,6-12,14-15H2,(H,28,31,32). The van der Waals surface area contributed by atoms with E-state index >= 15 is 0 Å². The van der Waals surface area contributed by atoms with E-state index in [0.29, 0.717) is 36.2 Å². The number of piperidine rings is 2. The van der Waals surface area contributed by atoms with E-state index in [2.05, 4.69) is 33.4 Å². The summed E-state index contributed by atoms with van der Waals surface area (Å²) in [6.07, 6.45) is 2.59. The van der Waals surface area contributed by atoms with Gasteiger partial charge in [-0.05, 0) is 48.6 Å². The summed E-state index contributed by atoms with van der Waals surface area (Å²) in [6.45, 7) is 3.22. The summed E-state index contributed by atoms with van der Waals surface area (Å²) in [4.78, 5) is 45.2. The second kappa shape index (κ2) is 8.42. The van der Waals surface area contributed by atoms with Crippen molar-refractivity contribution in [2.45, 2.75) is 56.8 Å². The predicted octanol–water partition coefficient (Wildman–Crippen LogP) is 1.26.